The Labute approximate surface area is 198 Å². The number of nitrogens with two attached hydrogens (primary N) is 3. The lowest BCUT2D eigenvalue weighted by atomic mass is 10.0. The number of hydrogen-bond acceptors (Lipinski definition) is 7. The molecule has 0 aliphatic heterocycles. The lowest BCUT2D eigenvalue weighted by molar-refractivity contribution is -0.137. The van der Waals surface area contributed by atoms with Crippen molar-refractivity contribution >= 4 is 5.97 Å². The predicted molar refractivity (Wildman–Crippen MR) is 136 cm³/mol. The molecule has 0 aromatic rings. The Hall–Kier alpha value is -0.770. The number of unbranched alkanes of at least 4 members (excludes halogenated alkanes) is 14. The first kappa shape index (κ1) is 38.5. The van der Waals surface area contributed by atoms with Gasteiger partial charge in [0.2, 0.25) is 0 Å². The Balaban J connectivity index is -0.000000267. The minimum Gasteiger partial charge on any atom is -0.481 e. The largest absolute Gasteiger partial charge is 0.481 e. The van der Waals surface area contributed by atoms with Crippen LogP contribution in [0.2, 0.25) is 0 Å². The van der Waals surface area contributed by atoms with Gasteiger partial charge in [0, 0.05) is 26.1 Å². The van der Waals surface area contributed by atoms with E-state index in [1.165, 1.54) is 83.5 Å². The van der Waals surface area contributed by atoms with Crippen LogP contribution in [0.3, 0.4) is 0 Å². The molecule has 32 heavy (non-hydrogen) atoms. The van der Waals surface area contributed by atoms with E-state index in [0.717, 1.165) is 12.8 Å². The average Bonchev–Trinajstić information content (AvgIpc) is 2.81. The summed E-state index contributed by atoms with van der Waals surface area (Å²) in [6.07, 6.45) is 20.2. The first-order chi connectivity index (χ1) is 15.5. The van der Waals surface area contributed by atoms with Crippen molar-refractivity contribution in [3.63, 3.8) is 0 Å². The lowest BCUT2D eigenvalue weighted by Crippen LogP contribution is -2.02. The van der Waals surface area contributed by atoms with Crippen LogP contribution in [0.25, 0.3) is 0 Å². The molecule has 0 rings (SSSR count). The zero-order chi connectivity index (χ0) is 25.1. The summed E-state index contributed by atoms with van der Waals surface area (Å²) in [6.45, 7) is 3.69. The number of carbonyl (C=O) groups is 1. The summed E-state index contributed by atoms with van der Waals surface area (Å²) in [5, 5.41) is 31.8. The van der Waals surface area contributed by atoms with E-state index in [1.54, 1.807) is 0 Å². The van der Waals surface area contributed by atoms with Crippen molar-refractivity contribution in [2.75, 3.05) is 39.5 Å². The molecular weight excluding hydrogens is 410 g/mol. The highest BCUT2D eigenvalue weighted by atomic mass is 16.4. The van der Waals surface area contributed by atoms with E-state index in [9.17, 15) is 4.79 Å². The second kappa shape index (κ2) is 44.0. The van der Waals surface area contributed by atoms with Gasteiger partial charge in [0.25, 0.3) is 0 Å². The summed E-state index contributed by atoms with van der Waals surface area (Å²) < 4.78 is 0. The van der Waals surface area contributed by atoms with E-state index < -0.39 is 5.97 Å². The zero-order valence-corrected chi connectivity index (χ0v) is 21.0. The summed E-state index contributed by atoms with van der Waals surface area (Å²) in [4.78, 5) is 10.3. The van der Waals surface area contributed by atoms with Crippen molar-refractivity contribution in [3.8, 4) is 0 Å². The van der Waals surface area contributed by atoms with Gasteiger partial charge in [-0.25, -0.2) is 0 Å². The topological polar surface area (TPSA) is 176 Å². The van der Waals surface area contributed by atoms with Crippen molar-refractivity contribution in [3.05, 3.63) is 0 Å². The van der Waals surface area contributed by atoms with E-state index in [2.05, 4.69) is 6.92 Å². The maximum Gasteiger partial charge on any atom is 0.303 e. The first-order valence-corrected chi connectivity index (χ1v) is 12.7. The van der Waals surface area contributed by atoms with Gasteiger partial charge in [-0.1, -0.05) is 96.8 Å². The molecular formula is C24H57N3O5. The third kappa shape index (κ3) is 63.0. The van der Waals surface area contributed by atoms with Crippen LogP contribution in [0.15, 0.2) is 0 Å². The Bertz CT molecular complexity index is 283. The van der Waals surface area contributed by atoms with Gasteiger partial charge in [0.1, 0.15) is 0 Å². The molecule has 8 heteroatoms. The van der Waals surface area contributed by atoms with Gasteiger partial charge in [-0.2, -0.15) is 0 Å². The van der Waals surface area contributed by atoms with Crippen LogP contribution in [-0.4, -0.2) is 65.9 Å². The maximum absolute atomic E-state index is 10.3. The quantitative estimate of drug-likeness (QED) is 0.142. The minimum atomic E-state index is -0.653. The van der Waals surface area contributed by atoms with Crippen molar-refractivity contribution < 1.29 is 25.2 Å². The number of hydrogen-bond donors (Lipinski definition) is 7. The number of carboxylic acids is 1. The summed E-state index contributed by atoms with van der Waals surface area (Å²) in [6, 6.07) is 0. The number of rotatable bonds is 19. The van der Waals surface area contributed by atoms with Crippen molar-refractivity contribution in [1.82, 2.24) is 0 Å². The second-order valence-corrected chi connectivity index (χ2v) is 7.63. The molecule has 0 atom stereocenters. The highest BCUT2D eigenvalue weighted by Gasteiger charge is 1.97. The molecule has 0 fully saturated rings. The molecule has 0 heterocycles. The average molecular weight is 468 g/mol. The molecule has 0 saturated carbocycles. The van der Waals surface area contributed by atoms with Crippen LogP contribution in [0.4, 0.5) is 0 Å². The van der Waals surface area contributed by atoms with E-state index in [0.29, 0.717) is 26.1 Å². The fourth-order valence-electron chi connectivity index (χ4n) is 2.65. The number of aliphatic hydroxyl groups is 3. The van der Waals surface area contributed by atoms with Crippen LogP contribution < -0.4 is 17.2 Å². The normalized spacial score (nSPS) is 9.59. The number of carboxylic acid groups (broad SMARTS) is 1. The molecule has 0 radical (unpaired) electrons. The van der Waals surface area contributed by atoms with Crippen LogP contribution in [0, 0.1) is 0 Å². The molecule has 198 valence electrons. The molecule has 0 bridgehead atoms. The van der Waals surface area contributed by atoms with Crippen LogP contribution in [0.1, 0.15) is 110 Å². The first-order valence-electron chi connectivity index (χ1n) is 12.7. The van der Waals surface area contributed by atoms with Gasteiger partial charge in [-0.3, -0.25) is 4.79 Å². The van der Waals surface area contributed by atoms with Crippen LogP contribution in [0.5, 0.6) is 0 Å². The Morgan fingerprint density at radius 1 is 0.531 bits per heavy atom. The predicted octanol–water partition coefficient (Wildman–Crippen LogP) is 3.14. The Morgan fingerprint density at radius 3 is 0.938 bits per heavy atom. The summed E-state index contributed by atoms with van der Waals surface area (Å²) in [5.41, 5.74) is 14.3. The number of aliphatic carboxylic acids is 1. The standard InChI is InChI=1S/C18H36O2.3C2H7NO/c1-2-3-4-5-6-7-8-9-10-11-12-13-14-15-16-17-18(19)20;3*3-1-2-4/h2-17H2,1H3,(H,19,20);3*4H,1-3H2. The molecule has 0 aromatic heterocycles. The molecule has 0 aliphatic carbocycles. The maximum atomic E-state index is 10.3. The van der Waals surface area contributed by atoms with Crippen molar-refractivity contribution in [2.24, 2.45) is 17.2 Å². The Morgan fingerprint density at radius 2 is 0.750 bits per heavy atom. The summed E-state index contributed by atoms with van der Waals surface area (Å²) in [7, 11) is 0. The molecule has 8 nitrogen and oxygen atoms in total. The SMILES string of the molecule is CCCCCCCCCCCCCCCCCC(=O)O.NCCO.NCCO.NCCO. The second-order valence-electron chi connectivity index (χ2n) is 7.63. The highest BCUT2D eigenvalue weighted by Crippen LogP contribution is 2.13. The van der Waals surface area contributed by atoms with Crippen LogP contribution in [-0.2, 0) is 4.79 Å². The van der Waals surface area contributed by atoms with Crippen molar-refractivity contribution in [1.29, 1.82) is 0 Å². The monoisotopic (exact) mass is 467 g/mol. The minimum absolute atomic E-state index is 0.0972. The molecule has 0 unspecified atom stereocenters. The molecule has 10 N–H and O–H groups in total. The van der Waals surface area contributed by atoms with E-state index in [-0.39, 0.29) is 19.8 Å². The van der Waals surface area contributed by atoms with E-state index in [4.69, 9.17) is 37.6 Å². The van der Waals surface area contributed by atoms with Crippen LogP contribution >= 0.6 is 0 Å². The van der Waals surface area contributed by atoms with Gasteiger partial charge in [-0.05, 0) is 6.42 Å². The fourth-order valence-corrected chi connectivity index (χ4v) is 2.65. The zero-order valence-electron chi connectivity index (χ0n) is 21.0. The fraction of sp³-hybridized carbons (Fsp3) is 0.958. The van der Waals surface area contributed by atoms with E-state index in [1.807, 2.05) is 0 Å². The van der Waals surface area contributed by atoms with Crippen molar-refractivity contribution in [2.45, 2.75) is 110 Å². The summed E-state index contributed by atoms with van der Waals surface area (Å²) in [5.74, 6) is -0.653. The Kier molecular flexibility index (Phi) is 52.9. The molecule has 0 aliphatic rings. The summed E-state index contributed by atoms with van der Waals surface area (Å²) >= 11 is 0. The van der Waals surface area contributed by atoms with E-state index >= 15 is 0 Å². The molecule has 0 aromatic carbocycles. The van der Waals surface area contributed by atoms with Gasteiger partial charge in [-0.15, -0.1) is 0 Å². The smallest absolute Gasteiger partial charge is 0.303 e. The van der Waals surface area contributed by atoms with Gasteiger partial charge in [0.05, 0.1) is 19.8 Å². The third-order valence-electron chi connectivity index (χ3n) is 4.38. The molecule has 0 amide bonds. The molecule has 0 saturated heterocycles. The number of aliphatic hydroxyl groups excluding tert-OH is 3. The van der Waals surface area contributed by atoms with Gasteiger partial charge >= 0.3 is 5.97 Å². The third-order valence-corrected chi connectivity index (χ3v) is 4.38. The van der Waals surface area contributed by atoms with Gasteiger partial charge in [0.15, 0.2) is 0 Å². The lowest BCUT2D eigenvalue weighted by Gasteiger charge is -2.03. The highest BCUT2D eigenvalue weighted by molar-refractivity contribution is 5.66. The molecule has 0 spiro atoms. The van der Waals surface area contributed by atoms with Gasteiger partial charge < -0.3 is 37.6 Å².